The fraction of sp³-hybridized carbons (Fsp3) is 0.333. The van der Waals surface area contributed by atoms with Crippen LogP contribution in [0.2, 0.25) is 10.0 Å². The Morgan fingerprint density at radius 1 is 1.08 bits per heavy atom. The van der Waals surface area contributed by atoms with Crippen molar-refractivity contribution in [1.82, 2.24) is 29.9 Å². The number of hydrogen-bond acceptors (Lipinski definition) is 10. The van der Waals surface area contributed by atoms with Crippen molar-refractivity contribution >= 4 is 46.8 Å². The standard InChI is InChI=1S/C42H44Cl2FN7O7/c1-42(2,3)59-41(57)51(21-25-11-12-36(55)49-25)22-31-32(45)17-33(50-39(31)58-4)30-10-6-9-29(38(30)44)28-8-5-7-27(37(28)43)23-13-14-52-35(15-23)48-19-24(40(52)56)18-47-20-26(53)16-34(46)54/h5-10,13-15,17,19,25-26,47,53H,11-12,16,18,20-22H2,1-4H3,(H2,46,54)(H,49,55)/t25-,26?/m0/s1. The van der Waals surface area contributed by atoms with Crippen molar-refractivity contribution in [3.63, 3.8) is 0 Å². The lowest BCUT2D eigenvalue weighted by atomic mass is 9.97. The van der Waals surface area contributed by atoms with Gasteiger partial charge in [-0.3, -0.25) is 18.8 Å². The van der Waals surface area contributed by atoms with E-state index >= 15 is 4.39 Å². The monoisotopic (exact) mass is 847 g/mol. The number of aromatic nitrogens is 3. The molecule has 17 heteroatoms. The molecule has 2 aromatic carbocycles. The highest BCUT2D eigenvalue weighted by Gasteiger charge is 2.31. The van der Waals surface area contributed by atoms with Crippen LogP contribution in [-0.4, -0.2) is 80.2 Å². The Labute approximate surface area is 349 Å². The Kier molecular flexibility index (Phi) is 13.2. The topological polar surface area (TPSA) is 190 Å². The molecule has 0 radical (unpaired) electrons. The molecule has 5 aromatic rings. The Hall–Kier alpha value is -5.61. The highest BCUT2D eigenvalue weighted by molar-refractivity contribution is 6.39. The van der Waals surface area contributed by atoms with Gasteiger partial charge in [0.15, 0.2) is 0 Å². The van der Waals surface area contributed by atoms with Crippen molar-refractivity contribution in [3.8, 4) is 39.4 Å². The molecule has 2 atom stereocenters. The van der Waals surface area contributed by atoms with Gasteiger partial charge in [0, 0.05) is 78.4 Å². The number of benzene rings is 2. The average molecular weight is 849 g/mol. The summed E-state index contributed by atoms with van der Waals surface area (Å²) in [7, 11) is 1.35. The largest absolute Gasteiger partial charge is 0.481 e. The first-order chi connectivity index (χ1) is 28.0. The SMILES string of the molecule is COc1nc(-c2cccc(-c3cccc(-c4ccn5c(=O)c(CNCC(O)CC(N)=O)cnc5c4)c3Cl)c2Cl)cc(F)c1CN(C[C@@H]1CCC(=O)N1)C(=O)OC(C)(C)C. The van der Waals surface area contributed by atoms with E-state index in [1.165, 1.54) is 28.7 Å². The number of amides is 3. The molecule has 0 aliphatic carbocycles. The van der Waals surface area contributed by atoms with Crippen LogP contribution >= 0.6 is 23.2 Å². The van der Waals surface area contributed by atoms with Gasteiger partial charge in [0.05, 0.1) is 47.5 Å². The molecular weight excluding hydrogens is 804 g/mol. The molecule has 0 bridgehead atoms. The molecule has 59 heavy (non-hydrogen) atoms. The zero-order chi connectivity index (χ0) is 42.6. The number of nitrogens with zero attached hydrogens (tertiary/aromatic N) is 4. The predicted molar refractivity (Wildman–Crippen MR) is 221 cm³/mol. The first kappa shape index (κ1) is 43.0. The quantitative estimate of drug-likeness (QED) is 0.105. The number of rotatable bonds is 14. The third-order valence-electron chi connectivity index (χ3n) is 9.54. The number of ether oxygens (including phenoxy) is 2. The van der Waals surface area contributed by atoms with Crippen molar-refractivity contribution in [3.05, 3.63) is 104 Å². The lowest BCUT2D eigenvalue weighted by molar-refractivity contribution is -0.120. The highest BCUT2D eigenvalue weighted by atomic mass is 35.5. The van der Waals surface area contributed by atoms with E-state index in [2.05, 4.69) is 20.6 Å². The van der Waals surface area contributed by atoms with Gasteiger partial charge in [-0.1, -0.05) is 59.6 Å². The summed E-state index contributed by atoms with van der Waals surface area (Å²) < 4.78 is 28.7. The third-order valence-corrected chi connectivity index (χ3v) is 10.4. The lowest BCUT2D eigenvalue weighted by Crippen LogP contribution is -2.44. The molecule has 1 aliphatic heterocycles. The number of carbonyl (C=O) groups is 3. The first-order valence-electron chi connectivity index (χ1n) is 18.8. The summed E-state index contributed by atoms with van der Waals surface area (Å²) in [5.41, 5.74) is 7.76. The van der Waals surface area contributed by atoms with E-state index < -0.39 is 29.5 Å². The molecule has 5 N–H and O–H groups in total. The minimum absolute atomic E-state index is 0.0198. The van der Waals surface area contributed by atoms with Crippen LogP contribution in [0.3, 0.4) is 0 Å². The number of nitrogens with two attached hydrogens (primary N) is 1. The molecule has 310 valence electrons. The number of carbonyl (C=O) groups excluding carboxylic acids is 3. The fourth-order valence-electron chi connectivity index (χ4n) is 6.75. The summed E-state index contributed by atoms with van der Waals surface area (Å²) >= 11 is 14.1. The van der Waals surface area contributed by atoms with E-state index in [1.807, 2.05) is 12.1 Å². The Morgan fingerprint density at radius 3 is 2.41 bits per heavy atom. The van der Waals surface area contributed by atoms with Crippen LogP contribution in [0, 0.1) is 5.82 Å². The van der Waals surface area contributed by atoms with Crippen LogP contribution in [0.15, 0.2) is 71.8 Å². The first-order valence-corrected chi connectivity index (χ1v) is 19.5. The number of aliphatic hydroxyl groups is 1. The number of halogens is 3. The van der Waals surface area contributed by atoms with E-state index in [0.29, 0.717) is 56.9 Å². The van der Waals surface area contributed by atoms with Crippen LogP contribution in [0.25, 0.3) is 39.2 Å². The zero-order valence-electron chi connectivity index (χ0n) is 32.9. The molecule has 4 heterocycles. The summed E-state index contributed by atoms with van der Waals surface area (Å²) in [6, 6.07) is 15.0. The maximum Gasteiger partial charge on any atom is 0.410 e. The molecule has 3 amide bonds. The number of aliphatic hydroxyl groups excluding tert-OH is 1. The molecular formula is C42H44Cl2FN7O7. The van der Waals surface area contributed by atoms with Crippen LogP contribution in [0.1, 0.15) is 51.2 Å². The van der Waals surface area contributed by atoms with Crippen LogP contribution < -0.4 is 26.7 Å². The number of nitrogens with one attached hydrogen (secondary N) is 2. The van der Waals surface area contributed by atoms with E-state index in [9.17, 15) is 24.3 Å². The second kappa shape index (κ2) is 18.1. The maximum atomic E-state index is 16.2. The number of primary amides is 1. The van der Waals surface area contributed by atoms with Crippen molar-refractivity contribution in [1.29, 1.82) is 0 Å². The van der Waals surface area contributed by atoms with E-state index in [-0.39, 0.29) is 72.3 Å². The summed E-state index contributed by atoms with van der Waals surface area (Å²) in [6.45, 7) is 5.24. The Balaban J connectivity index is 1.27. The van der Waals surface area contributed by atoms with Gasteiger partial charge in [0.25, 0.3) is 5.56 Å². The van der Waals surface area contributed by atoms with E-state index in [0.717, 1.165) is 0 Å². The average Bonchev–Trinajstić information content (AvgIpc) is 3.59. The predicted octanol–water partition coefficient (Wildman–Crippen LogP) is 5.89. The highest BCUT2D eigenvalue weighted by Crippen LogP contribution is 2.43. The van der Waals surface area contributed by atoms with Crippen LogP contribution in [0.4, 0.5) is 9.18 Å². The summed E-state index contributed by atoms with van der Waals surface area (Å²) in [6.07, 6.45) is 2.04. The third kappa shape index (κ3) is 10.2. The second-order valence-electron chi connectivity index (χ2n) is 15.2. The maximum absolute atomic E-state index is 16.2. The van der Waals surface area contributed by atoms with E-state index in [4.69, 9.17) is 38.4 Å². The number of methoxy groups -OCH3 is 1. The number of fused-ring (bicyclic) bond motifs is 1. The smallest absolute Gasteiger partial charge is 0.410 e. The van der Waals surface area contributed by atoms with Crippen molar-refractivity contribution in [2.75, 3.05) is 20.2 Å². The van der Waals surface area contributed by atoms with Gasteiger partial charge in [-0.25, -0.2) is 19.2 Å². The zero-order valence-corrected chi connectivity index (χ0v) is 34.4. The summed E-state index contributed by atoms with van der Waals surface area (Å²) in [5, 5.41) is 16.3. The molecule has 1 unspecified atom stereocenters. The molecule has 14 nitrogen and oxygen atoms in total. The molecule has 1 aliphatic rings. The number of hydrogen-bond donors (Lipinski definition) is 4. The summed E-state index contributed by atoms with van der Waals surface area (Å²) in [5.74, 6) is -1.50. The van der Waals surface area contributed by atoms with Gasteiger partial charge in [-0.2, -0.15) is 0 Å². The molecule has 6 rings (SSSR count). The van der Waals surface area contributed by atoms with Crippen molar-refractivity contribution in [2.24, 2.45) is 5.73 Å². The van der Waals surface area contributed by atoms with E-state index in [1.54, 1.807) is 63.4 Å². The second-order valence-corrected chi connectivity index (χ2v) is 15.9. The van der Waals surface area contributed by atoms with Crippen molar-refractivity contribution in [2.45, 2.75) is 70.9 Å². The normalized spacial score (nSPS) is 14.6. The molecule has 3 aromatic heterocycles. The number of pyridine rings is 2. The van der Waals surface area contributed by atoms with Gasteiger partial charge < -0.3 is 35.8 Å². The van der Waals surface area contributed by atoms with Gasteiger partial charge in [0.1, 0.15) is 17.1 Å². The molecule has 0 spiro atoms. The van der Waals surface area contributed by atoms with Gasteiger partial charge in [-0.05, 0) is 44.9 Å². The molecule has 1 saturated heterocycles. The minimum atomic E-state index is -0.977. The fourth-order valence-corrected chi connectivity index (χ4v) is 7.41. The van der Waals surface area contributed by atoms with Crippen LogP contribution in [0.5, 0.6) is 5.88 Å². The summed E-state index contributed by atoms with van der Waals surface area (Å²) in [4.78, 5) is 59.9. The van der Waals surface area contributed by atoms with Crippen LogP contribution in [-0.2, 0) is 27.4 Å². The molecule has 1 fully saturated rings. The lowest BCUT2D eigenvalue weighted by Gasteiger charge is -2.29. The van der Waals surface area contributed by atoms with Gasteiger partial charge in [-0.15, -0.1) is 0 Å². The molecule has 0 saturated carbocycles. The van der Waals surface area contributed by atoms with Gasteiger partial charge in [0.2, 0.25) is 17.7 Å². The van der Waals surface area contributed by atoms with Crippen molar-refractivity contribution < 1.29 is 33.4 Å². The Bertz CT molecular complexity index is 2480. The van der Waals surface area contributed by atoms with Gasteiger partial charge >= 0.3 is 6.09 Å². The minimum Gasteiger partial charge on any atom is -0.481 e. The Morgan fingerprint density at radius 2 is 1.76 bits per heavy atom.